The topological polar surface area (TPSA) is 54.5 Å². The van der Waals surface area contributed by atoms with Crippen molar-refractivity contribution in [1.82, 2.24) is 0 Å². The molecule has 0 N–H and O–H groups in total. The van der Waals surface area contributed by atoms with Gasteiger partial charge in [-0.25, -0.2) is 8.42 Å². The van der Waals surface area contributed by atoms with Crippen molar-refractivity contribution in [2.75, 3.05) is 17.2 Å². The van der Waals surface area contributed by atoms with Gasteiger partial charge in [0, 0.05) is 12.2 Å². The summed E-state index contributed by atoms with van der Waals surface area (Å²) in [5.74, 6) is -0.258. The maximum Gasteiger partial charge on any atom is 0.259 e. The van der Waals surface area contributed by atoms with E-state index in [9.17, 15) is 13.2 Å². The third-order valence-electron chi connectivity index (χ3n) is 3.80. The van der Waals surface area contributed by atoms with Gasteiger partial charge in [-0.15, -0.1) is 0 Å². The maximum absolute atomic E-state index is 13.0. The monoisotopic (exact) mass is 345 g/mol. The quantitative estimate of drug-likeness (QED) is 0.799. The van der Waals surface area contributed by atoms with Crippen molar-refractivity contribution in [1.29, 1.82) is 0 Å². The Bertz CT molecular complexity index is 828. The summed E-state index contributed by atoms with van der Waals surface area (Å²) in [5, 5.41) is 0. The molecule has 0 atom stereocenters. The van der Waals surface area contributed by atoms with Gasteiger partial charge in [0.2, 0.25) is 0 Å². The maximum atomic E-state index is 13.0. The first-order valence-corrected chi connectivity index (χ1v) is 9.76. The van der Waals surface area contributed by atoms with Crippen LogP contribution < -0.4 is 4.90 Å². The number of anilines is 1. The SMILES string of the molecule is CCCS(=O)(=O)c1ccccc1C(=O)N(CC)c1cccc(C)c1. The highest BCUT2D eigenvalue weighted by Gasteiger charge is 2.25. The van der Waals surface area contributed by atoms with E-state index in [4.69, 9.17) is 0 Å². The lowest BCUT2D eigenvalue weighted by molar-refractivity contribution is 0.0985. The van der Waals surface area contributed by atoms with E-state index >= 15 is 0 Å². The molecule has 1 amide bonds. The van der Waals surface area contributed by atoms with Crippen molar-refractivity contribution in [2.24, 2.45) is 0 Å². The second-order valence-electron chi connectivity index (χ2n) is 5.70. The molecule has 0 heterocycles. The minimum atomic E-state index is -3.47. The Balaban J connectivity index is 2.49. The van der Waals surface area contributed by atoms with Crippen molar-refractivity contribution < 1.29 is 13.2 Å². The zero-order valence-corrected chi connectivity index (χ0v) is 15.1. The highest BCUT2D eigenvalue weighted by atomic mass is 32.2. The number of benzene rings is 2. The summed E-state index contributed by atoms with van der Waals surface area (Å²) in [7, 11) is -3.47. The van der Waals surface area contributed by atoms with Gasteiger partial charge in [-0.05, 0) is 50.1 Å². The van der Waals surface area contributed by atoms with Crippen LogP contribution in [0.3, 0.4) is 0 Å². The van der Waals surface area contributed by atoms with Crippen LogP contribution in [0.25, 0.3) is 0 Å². The lowest BCUT2D eigenvalue weighted by Gasteiger charge is -2.22. The van der Waals surface area contributed by atoms with E-state index in [1.54, 1.807) is 23.1 Å². The van der Waals surface area contributed by atoms with Gasteiger partial charge in [0.1, 0.15) is 0 Å². The van der Waals surface area contributed by atoms with Gasteiger partial charge in [-0.2, -0.15) is 0 Å². The Morgan fingerprint density at radius 3 is 2.38 bits per heavy atom. The van der Waals surface area contributed by atoms with Crippen molar-refractivity contribution in [3.63, 3.8) is 0 Å². The fourth-order valence-electron chi connectivity index (χ4n) is 2.68. The summed E-state index contributed by atoms with van der Waals surface area (Å²) in [6.45, 7) is 6.11. The van der Waals surface area contributed by atoms with E-state index in [2.05, 4.69) is 0 Å². The van der Waals surface area contributed by atoms with Crippen LogP contribution in [-0.2, 0) is 9.84 Å². The molecule has 128 valence electrons. The number of amides is 1. The first-order valence-electron chi connectivity index (χ1n) is 8.11. The molecule has 4 nitrogen and oxygen atoms in total. The van der Waals surface area contributed by atoms with Gasteiger partial charge in [0.15, 0.2) is 9.84 Å². The molecular weight excluding hydrogens is 322 g/mol. The Morgan fingerprint density at radius 1 is 1.04 bits per heavy atom. The average Bonchev–Trinajstić information content (AvgIpc) is 2.55. The van der Waals surface area contributed by atoms with Gasteiger partial charge < -0.3 is 4.90 Å². The molecule has 0 aliphatic heterocycles. The average molecular weight is 345 g/mol. The predicted octanol–water partition coefficient (Wildman–Crippen LogP) is 3.85. The summed E-state index contributed by atoms with van der Waals surface area (Å²) in [6, 6.07) is 14.1. The smallest absolute Gasteiger partial charge is 0.259 e. The molecule has 0 radical (unpaired) electrons. The third kappa shape index (κ3) is 3.85. The molecule has 2 rings (SSSR count). The number of carbonyl (C=O) groups excluding carboxylic acids is 1. The second-order valence-corrected chi connectivity index (χ2v) is 7.78. The van der Waals surface area contributed by atoms with E-state index in [-0.39, 0.29) is 22.1 Å². The van der Waals surface area contributed by atoms with Gasteiger partial charge in [0.25, 0.3) is 5.91 Å². The summed E-state index contributed by atoms with van der Waals surface area (Å²) in [4.78, 5) is 14.7. The first kappa shape index (κ1) is 18.2. The number of aryl methyl sites for hydroxylation is 1. The number of hydrogen-bond donors (Lipinski definition) is 0. The van der Waals surface area contributed by atoms with E-state index in [0.717, 1.165) is 11.3 Å². The fourth-order valence-corrected chi connectivity index (χ4v) is 4.21. The molecule has 24 heavy (non-hydrogen) atoms. The predicted molar refractivity (Wildman–Crippen MR) is 97.3 cm³/mol. The molecule has 0 fully saturated rings. The van der Waals surface area contributed by atoms with Crippen molar-refractivity contribution in [2.45, 2.75) is 32.1 Å². The van der Waals surface area contributed by atoms with Crippen LogP contribution >= 0.6 is 0 Å². The van der Waals surface area contributed by atoms with Crippen LogP contribution in [-0.4, -0.2) is 26.6 Å². The molecule has 0 aliphatic carbocycles. The van der Waals surface area contributed by atoms with E-state index in [1.807, 2.05) is 45.0 Å². The van der Waals surface area contributed by atoms with Gasteiger partial charge >= 0.3 is 0 Å². The first-order chi connectivity index (χ1) is 11.4. The lowest BCUT2D eigenvalue weighted by Crippen LogP contribution is -2.32. The molecule has 0 saturated heterocycles. The largest absolute Gasteiger partial charge is 0.309 e. The van der Waals surface area contributed by atoms with Crippen LogP contribution in [0, 0.1) is 6.92 Å². The minimum Gasteiger partial charge on any atom is -0.309 e. The summed E-state index contributed by atoms with van der Waals surface area (Å²) < 4.78 is 25.0. The number of carbonyl (C=O) groups is 1. The van der Waals surface area contributed by atoms with Gasteiger partial charge in [-0.3, -0.25) is 4.79 Å². The second kappa shape index (κ2) is 7.62. The van der Waals surface area contributed by atoms with Crippen molar-refractivity contribution in [3.8, 4) is 0 Å². The summed E-state index contributed by atoms with van der Waals surface area (Å²) in [6.07, 6.45) is 0.514. The number of nitrogens with zero attached hydrogens (tertiary/aromatic N) is 1. The lowest BCUT2D eigenvalue weighted by atomic mass is 10.1. The van der Waals surface area contributed by atoms with Crippen LogP contribution in [0.1, 0.15) is 36.2 Å². The molecule has 0 unspecified atom stereocenters. The molecular formula is C19H23NO3S. The molecule has 2 aromatic rings. The Labute approximate surface area is 144 Å². The molecule has 0 aliphatic rings. The van der Waals surface area contributed by atoms with Crippen molar-refractivity contribution in [3.05, 3.63) is 59.7 Å². The highest BCUT2D eigenvalue weighted by Crippen LogP contribution is 2.23. The molecule has 5 heteroatoms. The van der Waals surface area contributed by atoms with Crippen molar-refractivity contribution >= 4 is 21.4 Å². The standard InChI is InChI=1S/C19H23NO3S/c1-4-13-24(22,23)18-12-7-6-11-17(18)19(21)20(5-2)16-10-8-9-15(3)14-16/h6-12,14H,4-5,13H2,1-3H3. The number of rotatable bonds is 6. The van der Waals surface area contributed by atoms with E-state index in [0.29, 0.717) is 13.0 Å². The Kier molecular flexibility index (Phi) is 5.78. The molecule has 0 bridgehead atoms. The zero-order valence-electron chi connectivity index (χ0n) is 14.3. The summed E-state index contributed by atoms with van der Waals surface area (Å²) >= 11 is 0. The molecule has 0 saturated carbocycles. The van der Waals surface area contributed by atoms with E-state index < -0.39 is 9.84 Å². The zero-order chi connectivity index (χ0) is 17.7. The van der Waals surface area contributed by atoms with Gasteiger partial charge in [-0.1, -0.05) is 31.2 Å². The minimum absolute atomic E-state index is 0.0356. The van der Waals surface area contributed by atoms with Crippen LogP contribution in [0.4, 0.5) is 5.69 Å². The van der Waals surface area contributed by atoms with Gasteiger partial charge in [0.05, 0.1) is 16.2 Å². The fraction of sp³-hybridized carbons (Fsp3) is 0.316. The van der Waals surface area contributed by atoms with Crippen LogP contribution in [0.5, 0.6) is 0 Å². The summed E-state index contributed by atoms with van der Waals surface area (Å²) in [5.41, 5.74) is 2.05. The molecule has 0 aromatic heterocycles. The Hall–Kier alpha value is -2.14. The van der Waals surface area contributed by atoms with Crippen LogP contribution in [0.15, 0.2) is 53.4 Å². The molecule has 2 aromatic carbocycles. The molecule has 0 spiro atoms. The van der Waals surface area contributed by atoms with E-state index in [1.165, 1.54) is 6.07 Å². The van der Waals surface area contributed by atoms with Crippen LogP contribution in [0.2, 0.25) is 0 Å². The number of sulfone groups is 1. The Morgan fingerprint density at radius 2 is 1.75 bits per heavy atom. The number of hydrogen-bond acceptors (Lipinski definition) is 3. The normalized spacial score (nSPS) is 11.3. The third-order valence-corrected chi connectivity index (χ3v) is 5.77. The highest BCUT2D eigenvalue weighted by molar-refractivity contribution is 7.91.